The van der Waals surface area contributed by atoms with Crippen LogP contribution in [0.15, 0.2) is 35.3 Å². The largest absolute Gasteiger partial charge is 0.339 e. The molecule has 1 N–H and O–H groups in total. The fraction of sp³-hybridized carbons (Fsp3) is 0.500. The number of nitrogens with zero attached hydrogens (tertiary/aromatic N) is 4. The second-order valence-corrected chi connectivity index (χ2v) is 7.47. The Balaban J connectivity index is 1.39. The normalized spacial score (nSPS) is 23.7. The Bertz CT molecular complexity index is 693. The topological polar surface area (TPSA) is 61.4 Å². The van der Waals surface area contributed by atoms with Crippen molar-refractivity contribution < 1.29 is 4.79 Å². The third-order valence-corrected chi connectivity index (χ3v) is 5.73. The molecule has 2 aliphatic heterocycles. The van der Waals surface area contributed by atoms with Gasteiger partial charge in [-0.15, -0.1) is 0 Å². The van der Waals surface area contributed by atoms with E-state index >= 15 is 0 Å². The van der Waals surface area contributed by atoms with Crippen molar-refractivity contribution in [3.8, 4) is 0 Å². The smallest absolute Gasteiger partial charge is 0.318 e. The van der Waals surface area contributed by atoms with Crippen molar-refractivity contribution in [3.05, 3.63) is 40.8 Å². The molecule has 7 heteroatoms. The number of aromatic nitrogens is 2. The Morgan fingerprint density at radius 3 is 2.84 bits per heavy atom. The first-order valence-corrected chi connectivity index (χ1v) is 9.87. The van der Waals surface area contributed by atoms with Crippen LogP contribution in [0.5, 0.6) is 0 Å². The van der Waals surface area contributed by atoms with Gasteiger partial charge in [-0.2, -0.15) is 11.3 Å². The molecule has 132 valence electrons. The quantitative estimate of drug-likeness (QED) is 0.917. The summed E-state index contributed by atoms with van der Waals surface area (Å²) in [6.07, 6.45) is 7.70. The first-order valence-electron chi connectivity index (χ1n) is 8.92. The summed E-state index contributed by atoms with van der Waals surface area (Å²) >= 11 is 1.69. The molecule has 2 aliphatic rings. The molecule has 0 aromatic carbocycles. The second kappa shape index (κ2) is 7.39. The molecule has 0 bridgehead atoms. The summed E-state index contributed by atoms with van der Waals surface area (Å²) in [5.41, 5.74) is 1.26. The predicted octanol–water partition coefficient (Wildman–Crippen LogP) is 3.05. The molecular formula is C18H23N5OS. The van der Waals surface area contributed by atoms with Gasteiger partial charge in [0.2, 0.25) is 5.95 Å². The van der Waals surface area contributed by atoms with Gasteiger partial charge in [0.15, 0.2) is 0 Å². The van der Waals surface area contributed by atoms with E-state index in [9.17, 15) is 4.79 Å². The molecule has 0 radical (unpaired) electrons. The first kappa shape index (κ1) is 16.3. The molecule has 6 nitrogen and oxygen atoms in total. The molecule has 0 saturated carbocycles. The highest BCUT2D eigenvalue weighted by Gasteiger charge is 2.32. The van der Waals surface area contributed by atoms with Crippen molar-refractivity contribution in [3.63, 3.8) is 0 Å². The lowest BCUT2D eigenvalue weighted by molar-refractivity contribution is 0.187. The summed E-state index contributed by atoms with van der Waals surface area (Å²) < 4.78 is 0. The van der Waals surface area contributed by atoms with E-state index < -0.39 is 0 Å². The number of hydrogen-bond acceptors (Lipinski definition) is 5. The van der Waals surface area contributed by atoms with Crippen molar-refractivity contribution in [2.75, 3.05) is 24.5 Å². The molecule has 4 heterocycles. The molecule has 2 aromatic rings. The third kappa shape index (κ3) is 3.61. The number of thiophene rings is 1. The highest BCUT2D eigenvalue weighted by Crippen LogP contribution is 2.33. The van der Waals surface area contributed by atoms with Gasteiger partial charge in [0.1, 0.15) is 0 Å². The lowest BCUT2D eigenvalue weighted by atomic mass is 10.1. The lowest BCUT2D eigenvalue weighted by Crippen LogP contribution is -2.51. The summed E-state index contributed by atoms with van der Waals surface area (Å²) in [6.45, 7) is 2.55. The number of nitrogens with one attached hydrogen (secondary N) is 1. The number of amides is 2. The Hall–Kier alpha value is -2.15. The van der Waals surface area contributed by atoms with E-state index in [2.05, 4.69) is 37.0 Å². The zero-order valence-electron chi connectivity index (χ0n) is 14.2. The van der Waals surface area contributed by atoms with E-state index in [4.69, 9.17) is 0 Å². The molecule has 2 saturated heterocycles. The summed E-state index contributed by atoms with van der Waals surface area (Å²) in [4.78, 5) is 25.7. The number of carbonyl (C=O) groups excluding carboxylic acids is 1. The van der Waals surface area contributed by atoms with Crippen molar-refractivity contribution in [1.29, 1.82) is 0 Å². The Kier molecular flexibility index (Phi) is 4.83. The van der Waals surface area contributed by atoms with E-state index in [1.807, 2.05) is 11.0 Å². The first-order chi connectivity index (χ1) is 12.3. The van der Waals surface area contributed by atoms with Gasteiger partial charge in [-0.1, -0.05) is 0 Å². The van der Waals surface area contributed by atoms with Crippen molar-refractivity contribution in [2.24, 2.45) is 0 Å². The maximum atomic E-state index is 12.8. The molecule has 0 spiro atoms. The lowest BCUT2D eigenvalue weighted by Gasteiger charge is -2.34. The Labute approximate surface area is 151 Å². The van der Waals surface area contributed by atoms with Crippen LogP contribution >= 0.6 is 11.3 Å². The van der Waals surface area contributed by atoms with Gasteiger partial charge >= 0.3 is 6.03 Å². The van der Waals surface area contributed by atoms with E-state index in [0.29, 0.717) is 0 Å². The second-order valence-electron chi connectivity index (χ2n) is 6.69. The highest BCUT2D eigenvalue weighted by molar-refractivity contribution is 7.07. The van der Waals surface area contributed by atoms with E-state index in [1.165, 1.54) is 5.56 Å². The van der Waals surface area contributed by atoms with Gasteiger partial charge in [-0.3, -0.25) is 0 Å². The zero-order chi connectivity index (χ0) is 17.1. The summed E-state index contributed by atoms with van der Waals surface area (Å²) in [5, 5.41) is 7.49. The molecule has 2 atom stereocenters. The number of urea groups is 1. The standard InChI is InChI=1S/C18H23N5OS/c24-18(23-10-2-5-16(23)14-6-11-25-13-14)21-15-4-1-9-22(12-15)17-19-7-3-8-20-17/h3,6-8,11,13,15-16H,1-2,4-5,9-10,12H2,(H,21,24). The van der Waals surface area contributed by atoms with Crippen LogP contribution < -0.4 is 10.2 Å². The van der Waals surface area contributed by atoms with Gasteiger partial charge < -0.3 is 15.1 Å². The van der Waals surface area contributed by atoms with Crippen LogP contribution in [0, 0.1) is 0 Å². The summed E-state index contributed by atoms with van der Waals surface area (Å²) in [5.74, 6) is 0.749. The minimum absolute atomic E-state index is 0.0644. The van der Waals surface area contributed by atoms with Gasteiger partial charge in [-0.05, 0) is 54.1 Å². The number of carbonyl (C=O) groups is 1. The van der Waals surface area contributed by atoms with Crippen LogP contribution in [0.25, 0.3) is 0 Å². The summed E-state index contributed by atoms with van der Waals surface area (Å²) in [7, 11) is 0. The van der Waals surface area contributed by atoms with Gasteiger partial charge in [-0.25, -0.2) is 14.8 Å². The molecule has 2 unspecified atom stereocenters. The molecular weight excluding hydrogens is 334 g/mol. The predicted molar refractivity (Wildman–Crippen MR) is 98.8 cm³/mol. The van der Waals surface area contributed by atoms with Gasteiger partial charge in [0, 0.05) is 38.1 Å². The average molecular weight is 357 g/mol. The van der Waals surface area contributed by atoms with Gasteiger partial charge in [0.05, 0.1) is 6.04 Å². The van der Waals surface area contributed by atoms with Gasteiger partial charge in [0.25, 0.3) is 0 Å². The monoisotopic (exact) mass is 357 g/mol. The SMILES string of the molecule is O=C(NC1CCCN(c2ncccn2)C1)N1CCCC1c1ccsc1. The molecule has 2 amide bonds. The molecule has 0 aliphatic carbocycles. The Morgan fingerprint density at radius 1 is 1.20 bits per heavy atom. The van der Waals surface area contributed by atoms with E-state index in [-0.39, 0.29) is 18.1 Å². The van der Waals surface area contributed by atoms with Crippen molar-refractivity contribution >= 4 is 23.3 Å². The number of likely N-dealkylation sites (tertiary alicyclic amines) is 1. The number of anilines is 1. The minimum atomic E-state index is 0.0644. The maximum absolute atomic E-state index is 12.8. The minimum Gasteiger partial charge on any atom is -0.339 e. The fourth-order valence-corrected chi connectivity index (χ4v) is 4.52. The number of piperidine rings is 1. The fourth-order valence-electron chi connectivity index (χ4n) is 3.81. The van der Waals surface area contributed by atoms with Crippen LogP contribution in [-0.4, -0.2) is 46.6 Å². The Morgan fingerprint density at radius 2 is 2.04 bits per heavy atom. The third-order valence-electron chi connectivity index (χ3n) is 5.03. The molecule has 25 heavy (non-hydrogen) atoms. The molecule has 4 rings (SSSR count). The zero-order valence-corrected chi connectivity index (χ0v) is 15.0. The van der Waals surface area contributed by atoms with Crippen molar-refractivity contribution in [1.82, 2.24) is 20.2 Å². The van der Waals surface area contributed by atoms with E-state index in [1.54, 1.807) is 23.7 Å². The van der Waals surface area contributed by atoms with Crippen LogP contribution in [-0.2, 0) is 0 Å². The van der Waals surface area contributed by atoms with Crippen LogP contribution in [0.1, 0.15) is 37.3 Å². The van der Waals surface area contributed by atoms with E-state index in [0.717, 1.165) is 51.3 Å². The summed E-state index contributed by atoms with van der Waals surface area (Å²) in [6, 6.07) is 4.40. The highest BCUT2D eigenvalue weighted by atomic mass is 32.1. The molecule has 2 aromatic heterocycles. The van der Waals surface area contributed by atoms with Crippen LogP contribution in [0.2, 0.25) is 0 Å². The number of rotatable bonds is 3. The van der Waals surface area contributed by atoms with Crippen molar-refractivity contribution in [2.45, 2.75) is 37.8 Å². The van der Waals surface area contributed by atoms with Crippen LogP contribution in [0.4, 0.5) is 10.7 Å². The maximum Gasteiger partial charge on any atom is 0.318 e. The van der Waals surface area contributed by atoms with Crippen LogP contribution in [0.3, 0.4) is 0 Å². The number of hydrogen-bond donors (Lipinski definition) is 1. The average Bonchev–Trinajstić information content (AvgIpc) is 3.34. The molecule has 2 fully saturated rings.